The standard InChI is InChI=1S/C20H22N4O4S2/c1-12-13(2)29-20(21-12)22-19(25)17-10-18(14-4-6-16(28-3)7-5-14)24(23-17)15-8-9-30(26,27)11-15/h4-7,10,15H,8-9,11H2,1-3H3,(H,21,22,25). The van der Waals surface area contributed by atoms with E-state index >= 15 is 0 Å². The van der Waals surface area contributed by atoms with Gasteiger partial charge in [0.1, 0.15) is 5.75 Å². The summed E-state index contributed by atoms with van der Waals surface area (Å²) in [7, 11) is -1.51. The quantitative estimate of drug-likeness (QED) is 0.645. The van der Waals surface area contributed by atoms with Crippen LogP contribution >= 0.6 is 11.3 Å². The van der Waals surface area contributed by atoms with Crippen molar-refractivity contribution in [3.63, 3.8) is 0 Å². The number of hydrogen-bond acceptors (Lipinski definition) is 7. The average molecular weight is 447 g/mol. The van der Waals surface area contributed by atoms with Gasteiger partial charge >= 0.3 is 0 Å². The zero-order chi connectivity index (χ0) is 21.5. The fourth-order valence-electron chi connectivity index (χ4n) is 3.42. The Kier molecular flexibility index (Phi) is 5.37. The lowest BCUT2D eigenvalue weighted by Gasteiger charge is -2.13. The number of rotatable bonds is 5. The number of ether oxygens (including phenoxy) is 1. The number of hydrogen-bond donors (Lipinski definition) is 1. The molecule has 0 radical (unpaired) electrons. The van der Waals surface area contributed by atoms with E-state index in [-0.39, 0.29) is 29.1 Å². The molecule has 1 N–H and O–H groups in total. The third kappa shape index (κ3) is 4.10. The summed E-state index contributed by atoms with van der Waals surface area (Å²) in [6.45, 7) is 3.83. The summed E-state index contributed by atoms with van der Waals surface area (Å²) in [5, 5.41) is 7.79. The molecule has 8 nitrogen and oxygen atoms in total. The Morgan fingerprint density at radius 1 is 1.27 bits per heavy atom. The summed E-state index contributed by atoms with van der Waals surface area (Å²) in [6, 6.07) is 8.75. The van der Waals surface area contributed by atoms with Gasteiger partial charge in [-0.15, -0.1) is 11.3 Å². The summed E-state index contributed by atoms with van der Waals surface area (Å²) in [5.74, 6) is 0.474. The minimum Gasteiger partial charge on any atom is -0.497 e. The van der Waals surface area contributed by atoms with Crippen LogP contribution < -0.4 is 10.1 Å². The second-order valence-corrected chi connectivity index (χ2v) is 10.7. The predicted octanol–water partition coefficient (Wildman–Crippen LogP) is 3.24. The van der Waals surface area contributed by atoms with E-state index in [0.29, 0.717) is 23.0 Å². The van der Waals surface area contributed by atoms with Crippen molar-refractivity contribution in [1.29, 1.82) is 0 Å². The Bertz CT molecular complexity index is 1180. The van der Waals surface area contributed by atoms with Crippen molar-refractivity contribution in [3.8, 4) is 17.0 Å². The number of aryl methyl sites for hydroxylation is 2. The lowest BCUT2D eigenvalue weighted by molar-refractivity contribution is 0.102. The molecule has 1 fully saturated rings. The SMILES string of the molecule is COc1ccc(-c2cc(C(=O)Nc3nc(C)c(C)s3)nn2C2CCS(=O)(=O)C2)cc1. The van der Waals surface area contributed by atoms with Gasteiger partial charge in [0, 0.05) is 10.4 Å². The van der Waals surface area contributed by atoms with Crippen molar-refractivity contribution in [2.45, 2.75) is 26.3 Å². The van der Waals surface area contributed by atoms with Gasteiger partial charge in [0.05, 0.1) is 36.0 Å². The normalized spacial score (nSPS) is 17.8. The van der Waals surface area contributed by atoms with Crippen LogP contribution in [0.2, 0.25) is 0 Å². The number of nitrogens with one attached hydrogen (secondary N) is 1. The molecule has 1 aromatic carbocycles. The Morgan fingerprint density at radius 2 is 2.00 bits per heavy atom. The molecule has 3 aromatic rings. The maximum atomic E-state index is 12.8. The summed E-state index contributed by atoms with van der Waals surface area (Å²) in [5.41, 5.74) is 2.61. The van der Waals surface area contributed by atoms with Crippen molar-refractivity contribution in [1.82, 2.24) is 14.8 Å². The molecule has 1 aliphatic heterocycles. The zero-order valence-corrected chi connectivity index (χ0v) is 18.5. The number of sulfone groups is 1. The molecule has 3 heterocycles. The van der Waals surface area contributed by atoms with Gasteiger partial charge in [-0.25, -0.2) is 13.4 Å². The van der Waals surface area contributed by atoms with E-state index in [1.807, 2.05) is 38.1 Å². The first kappa shape index (κ1) is 20.5. The third-order valence-electron chi connectivity index (χ3n) is 5.16. The Labute approximate surface area is 178 Å². The Hall–Kier alpha value is -2.72. The van der Waals surface area contributed by atoms with Crippen molar-refractivity contribution in [2.24, 2.45) is 0 Å². The van der Waals surface area contributed by atoms with Crippen molar-refractivity contribution in [2.75, 3.05) is 23.9 Å². The zero-order valence-electron chi connectivity index (χ0n) is 16.9. The molecule has 1 amide bonds. The first-order valence-corrected chi connectivity index (χ1v) is 12.1. The highest BCUT2D eigenvalue weighted by atomic mass is 32.2. The molecule has 2 aromatic heterocycles. The number of carbonyl (C=O) groups excluding carboxylic acids is 1. The van der Waals surface area contributed by atoms with Gasteiger partial charge in [-0.05, 0) is 50.6 Å². The monoisotopic (exact) mass is 446 g/mol. The van der Waals surface area contributed by atoms with Gasteiger partial charge in [0.2, 0.25) is 0 Å². The van der Waals surface area contributed by atoms with Gasteiger partial charge < -0.3 is 4.74 Å². The number of aromatic nitrogens is 3. The Morgan fingerprint density at radius 3 is 2.57 bits per heavy atom. The molecule has 0 saturated carbocycles. The van der Waals surface area contributed by atoms with Crippen LogP contribution in [-0.2, 0) is 9.84 Å². The number of benzene rings is 1. The molecule has 10 heteroatoms. The Balaban J connectivity index is 1.70. The number of thiazole rings is 1. The minimum atomic E-state index is -3.10. The van der Waals surface area contributed by atoms with Crippen molar-refractivity contribution >= 4 is 32.2 Å². The largest absolute Gasteiger partial charge is 0.497 e. The van der Waals surface area contributed by atoms with E-state index in [9.17, 15) is 13.2 Å². The maximum Gasteiger partial charge on any atom is 0.277 e. The topological polar surface area (TPSA) is 103 Å². The smallest absolute Gasteiger partial charge is 0.277 e. The molecule has 4 rings (SSSR count). The lowest BCUT2D eigenvalue weighted by Crippen LogP contribution is -2.16. The van der Waals surface area contributed by atoms with Gasteiger partial charge in [-0.2, -0.15) is 5.10 Å². The van der Waals surface area contributed by atoms with Crippen LogP contribution in [0.4, 0.5) is 5.13 Å². The fourth-order valence-corrected chi connectivity index (χ4v) is 5.92. The second kappa shape index (κ2) is 7.84. The maximum absolute atomic E-state index is 12.8. The van der Waals surface area contributed by atoms with E-state index in [0.717, 1.165) is 16.1 Å². The molecular weight excluding hydrogens is 424 g/mol. The predicted molar refractivity (Wildman–Crippen MR) is 116 cm³/mol. The van der Waals surface area contributed by atoms with Crippen molar-refractivity contribution < 1.29 is 17.9 Å². The first-order valence-electron chi connectivity index (χ1n) is 9.45. The highest BCUT2D eigenvalue weighted by molar-refractivity contribution is 7.91. The van der Waals surface area contributed by atoms with Crippen LogP contribution in [0, 0.1) is 13.8 Å². The number of anilines is 1. The summed E-state index contributed by atoms with van der Waals surface area (Å²) < 4.78 is 30.9. The summed E-state index contributed by atoms with van der Waals surface area (Å²) in [6.07, 6.45) is 0.471. The van der Waals surface area contributed by atoms with Crippen LogP contribution in [0.25, 0.3) is 11.3 Å². The van der Waals surface area contributed by atoms with E-state index < -0.39 is 9.84 Å². The number of carbonyl (C=O) groups is 1. The lowest BCUT2D eigenvalue weighted by atomic mass is 10.1. The first-order chi connectivity index (χ1) is 14.3. The number of nitrogens with zero attached hydrogens (tertiary/aromatic N) is 3. The van der Waals surface area contributed by atoms with Crippen molar-refractivity contribution in [3.05, 3.63) is 46.6 Å². The number of amides is 1. The molecule has 158 valence electrons. The van der Waals surface area contributed by atoms with Crippen LogP contribution in [0.5, 0.6) is 5.75 Å². The van der Waals surface area contributed by atoms with Crippen LogP contribution in [0.3, 0.4) is 0 Å². The molecule has 30 heavy (non-hydrogen) atoms. The van der Waals surface area contributed by atoms with Gasteiger partial charge in [-0.3, -0.25) is 14.8 Å². The van der Waals surface area contributed by atoms with Crippen LogP contribution in [0.1, 0.15) is 33.5 Å². The summed E-state index contributed by atoms with van der Waals surface area (Å²) >= 11 is 1.40. The second-order valence-electron chi connectivity index (χ2n) is 7.26. The van der Waals surface area contributed by atoms with Gasteiger partial charge in [0.25, 0.3) is 5.91 Å². The average Bonchev–Trinajstić information content (AvgIpc) is 3.39. The molecule has 1 unspecified atom stereocenters. The molecule has 1 atom stereocenters. The highest BCUT2D eigenvalue weighted by Crippen LogP contribution is 2.31. The minimum absolute atomic E-state index is 0.0176. The van der Waals surface area contributed by atoms with E-state index in [1.54, 1.807) is 17.9 Å². The van der Waals surface area contributed by atoms with Gasteiger partial charge in [-0.1, -0.05) is 0 Å². The molecule has 0 spiro atoms. The van der Waals surface area contributed by atoms with E-state index in [2.05, 4.69) is 15.4 Å². The highest BCUT2D eigenvalue weighted by Gasteiger charge is 2.32. The van der Waals surface area contributed by atoms with E-state index in [4.69, 9.17) is 4.74 Å². The fraction of sp³-hybridized carbons (Fsp3) is 0.350. The molecule has 1 saturated heterocycles. The third-order valence-corrected chi connectivity index (χ3v) is 7.90. The molecule has 1 aliphatic rings. The molecule has 0 aliphatic carbocycles. The number of methoxy groups -OCH3 is 1. The molecule has 0 bridgehead atoms. The van der Waals surface area contributed by atoms with E-state index in [1.165, 1.54) is 11.3 Å². The summed E-state index contributed by atoms with van der Waals surface area (Å²) in [4.78, 5) is 18.2. The van der Waals surface area contributed by atoms with Gasteiger partial charge in [0.15, 0.2) is 20.7 Å². The van der Waals surface area contributed by atoms with Crippen LogP contribution in [0.15, 0.2) is 30.3 Å². The van der Waals surface area contributed by atoms with Crippen LogP contribution in [-0.4, -0.2) is 47.7 Å². The molecular formula is C20H22N4O4S2.